The van der Waals surface area contributed by atoms with Crippen molar-refractivity contribution in [2.75, 3.05) is 4.90 Å². The van der Waals surface area contributed by atoms with E-state index >= 15 is 0 Å². The molecule has 2 aliphatic rings. The van der Waals surface area contributed by atoms with Gasteiger partial charge < -0.3 is 4.90 Å². The molecular weight excluding hydrogens is 679 g/mol. The molecule has 1 spiro atoms. The zero-order valence-electron chi connectivity index (χ0n) is 30.5. The van der Waals surface area contributed by atoms with E-state index in [1.807, 2.05) is 24.3 Å². The lowest BCUT2D eigenvalue weighted by Crippen LogP contribution is -2.26. The molecule has 0 radical (unpaired) electrons. The van der Waals surface area contributed by atoms with Crippen LogP contribution in [0, 0.1) is 0 Å². The van der Waals surface area contributed by atoms with Crippen LogP contribution in [0.2, 0.25) is 0 Å². The van der Waals surface area contributed by atoms with Crippen molar-refractivity contribution in [2.24, 2.45) is 0 Å². The fourth-order valence-corrected chi connectivity index (χ4v) is 9.10. The van der Waals surface area contributed by atoms with E-state index in [-0.39, 0.29) is 0 Å². The highest BCUT2D eigenvalue weighted by molar-refractivity contribution is 5.97. The first kappa shape index (κ1) is 32.1. The van der Waals surface area contributed by atoms with Gasteiger partial charge in [0.1, 0.15) is 0 Å². The molecule has 0 N–H and O–H groups in total. The lowest BCUT2D eigenvalue weighted by Gasteiger charge is -2.32. The molecule has 0 aliphatic heterocycles. The molecule has 1 unspecified atom stereocenters. The highest BCUT2D eigenvalue weighted by Gasteiger charge is 2.52. The first-order valence-electron chi connectivity index (χ1n) is 19.2. The Labute approximate surface area is 326 Å². The summed E-state index contributed by atoms with van der Waals surface area (Å²) in [4.78, 5) is 12.7. The van der Waals surface area contributed by atoms with Crippen LogP contribution in [-0.4, -0.2) is 9.97 Å². The first-order valence-corrected chi connectivity index (χ1v) is 19.2. The van der Waals surface area contributed by atoms with E-state index < -0.39 is 5.41 Å². The first-order chi connectivity index (χ1) is 27.8. The van der Waals surface area contributed by atoms with Gasteiger partial charge in [0, 0.05) is 33.8 Å². The van der Waals surface area contributed by atoms with Crippen LogP contribution in [0.15, 0.2) is 212 Å². The number of benzene rings is 8. The molecule has 1 aromatic heterocycles. The minimum absolute atomic E-state index is 0.541. The normalized spacial score (nSPS) is 14.5. The lowest BCUT2D eigenvalue weighted by molar-refractivity contribution is 0.794. The van der Waals surface area contributed by atoms with E-state index in [1.165, 1.54) is 44.5 Å². The SMILES string of the molecule is c1ccc(-c2cc(-c3ccc4c(c3)C3(c5ccccc5-4)c4ccccc4-c4ccc(N(c5ccccc5)c5ccccc5)cc43)nc(-c3ccccc3)n2)cc1. The van der Waals surface area contributed by atoms with E-state index in [2.05, 4.69) is 193 Å². The standard InChI is InChI=1S/C53H35N3/c1-5-17-36(18-6-1)50-35-51(55-52(54-50)37-19-7-2-8-20-37)38-29-31-44-42-25-13-15-27-46(42)53(48(44)33-38)47-28-16-14-26-43(47)45-32-30-41(34-49(45)53)56(39-21-9-3-10-22-39)40-23-11-4-12-24-40/h1-35H. The molecule has 3 heteroatoms. The molecule has 0 saturated heterocycles. The largest absolute Gasteiger partial charge is 0.310 e. The van der Waals surface area contributed by atoms with Gasteiger partial charge in [0.15, 0.2) is 5.82 Å². The van der Waals surface area contributed by atoms with Crippen LogP contribution in [-0.2, 0) is 5.41 Å². The molecule has 262 valence electrons. The van der Waals surface area contributed by atoms with Crippen molar-refractivity contribution >= 4 is 17.1 Å². The molecule has 56 heavy (non-hydrogen) atoms. The summed E-state index contributed by atoms with van der Waals surface area (Å²) in [5.74, 6) is 0.712. The van der Waals surface area contributed by atoms with Gasteiger partial charge in [-0.3, -0.25) is 0 Å². The van der Waals surface area contributed by atoms with Crippen molar-refractivity contribution in [1.29, 1.82) is 0 Å². The molecule has 1 heterocycles. The molecule has 8 aromatic carbocycles. The Hall–Kier alpha value is -7.36. The van der Waals surface area contributed by atoms with Crippen molar-refractivity contribution in [3.63, 3.8) is 0 Å². The minimum Gasteiger partial charge on any atom is -0.310 e. The predicted octanol–water partition coefficient (Wildman–Crippen LogP) is 13.3. The third kappa shape index (κ3) is 4.91. The number of hydrogen-bond donors (Lipinski definition) is 0. The van der Waals surface area contributed by atoms with Crippen LogP contribution in [0.1, 0.15) is 22.3 Å². The summed E-state index contributed by atoms with van der Waals surface area (Å²) in [6, 6.07) is 76.2. The lowest BCUT2D eigenvalue weighted by atomic mass is 9.70. The van der Waals surface area contributed by atoms with Gasteiger partial charge in [-0.05, 0) is 93.0 Å². The maximum absolute atomic E-state index is 5.26. The second kappa shape index (κ2) is 12.9. The second-order valence-electron chi connectivity index (χ2n) is 14.5. The van der Waals surface area contributed by atoms with E-state index in [1.54, 1.807) is 0 Å². The monoisotopic (exact) mass is 713 g/mol. The minimum atomic E-state index is -0.541. The third-order valence-electron chi connectivity index (χ3n) is 11.5. The molecule has 0 saturated carbocycles. The highest BCUT2D eigenvalue weighted by Crippen LogP contribution is 2.63. The van der Waals surface area contributed by atoms with Crippen molar-refractivity contribution in [3.8, 4) is 56.2 Å². The van der Waals surface area contributed by atoms with Gasteiger partial charge in [-0.1, -0.05) is 164 Å². The zero-order valence-corrected chi connectivity index (χ0v) is 30.5. The van der Waals surface area contributed by atoms with Crippen LogP contribution in [0.5, 0.6) is 0 Å². The molecule has 1 atom stereocenters. The van der Waals surface area contributed by atoms with Crippen LogP contribution in [0.3, 0.4) is 0 Å². The van der Waals surface area contributed by atoms with Crippen molar-refractivity contribution in [3.05, 3.63) is 235 Å². The summed E-state index contributed by atoms with van der Waals surface area (Å²) < 4.78 is 0. The van der Waals surface area contributed by atoms with Crippen molar-refractivity contribution in [2.45, 2.75) is 5.41 Å². The molecule has 3 nitrogen and oxygen atoms in total. The van der Waals surface area contributed by atoms with Crippen molar-refractivity contribution < 1.29 is 0 Å². The zero-order chi connectivity index (χ0) is 37.1. The second-order valence-corrected chi connectivity index (χ2v) is 14.5. The summed E-state index contributed by atoms with van der Waals surface area (Å²) in [6.07, 6.45) is 0. The van der Waals surface area contributed by atoms with Crippen LogP contribution in [0.4, 0.5) is 17.1 Å². The Morgan fingerprint density at radius 2 is 0.750 bits per heavy atom. The number of rotatable bonds is 6. The van der Waals surface area contributed by atoms with E-state index in [4.69, 9.17) is 9.97 Å². The predicted molar refractivity (Wildman–Crippen MR) is 229 cm³/mol. The Bertz CT molecular complexity index is 2800. The van der Waals surface area contributed by atoms with E-state index in [9.17, 15) is 0 Å². The maximum atomic E-state index is 5.26. The van der Waals surface area contributed by atoms with Crippen molar-refractivity contribution in [1.82, 2.24) is 9.97 Å². The van der Waals surface area contributed by atoms with Crippen LogP contribution >= 0.6 is 0 Å². The van der Waals surface area contributed by atoms with Crippen LogP contribution < -0.4 is 4.90 Å². The summed E-state index contributed by atoms with van der Waals surface area (Å²) in [6.45, 7) is 0. The van der Waals surface area contributed by atoms with Gasteiger partial charge >= 0.3 is 0 Å². The Morgan fingerprint density at radius 3 is 1.34 bits per heavy atom. The fraction of sp³-hybridized carbons (Fsp3) is 0.0189. The molecule has 2 aliphatic carbocycles. The summed E-state index contributed by atoms with van der Waals surface area (Å²) in [7, 11) is 0. The summed E-state index contributed by atoms with van der Waals surface area (Å²) >= 11 is 0. The van der Waals surface area contributed by atoms with E-state index in [0.29, 0.717) is 5.82 Å². The average Bonchev–Trinajstić information content (AvgIpc) is 3.74. The van der Waals surface area contributed by atoms with Gasteiger partial charge in [-0.25, -0.2) is 9.97 Å². The highest BCUT2D eigenvalue weighted by atomic mass is 15.1. The number of hydrogen-bond acceptors (Lipinski definition) is 3. The maximum Gasteiger partial charge on any atom is 0.160 e. The summed E-state index contributed by atoms with van der Waals surface area (Å²) in [5.41, 5.74) is 17.9. The topological polar surface area (TPSA) is 29.0 Å². The Kier molecular flexibility index (Phi) is 7.39. The number of aromatic nitrogens is 2. The number of nitrogens with zero attached hydrogens (tertiary/aromatic N) is 3. The van der Waals surface area contributed by atoms with Gasteiger partial charge in [-0.2, -0.15) is 0 Å². The van der Waals surface area contributed by atoms with Crippen LogP contribution in [0.25, 0.3) is 56.2 Å². The van der Waals surface area contributed by atoms with Gasteiger partial charge in [0.05, 0.1) is 16.8 Å². The molecular formula is C53H35N3. The fourth-order valence-electron chi connectivity index (χ4n) is 9.10. The number of fused-ring (bicyclic) bond motifs is 10. The molecule has 0 amide bonds. The number of anilines is 3. The van der Waals surface area contributed by atoms with E-state index in [0.717, 1.165) is 45.1 Å². The molecule has 9 aromatic rings. The molecule has 0 fully saturated rings. The smallest absolute Gasteiger partial charge is 0.160 e. The van der Waals surface area contributed by atoms with Gasteiger partial charge in [0.25, 0.3) is 0 Å². The third-order valence-corrected chi connectivity index (χ3v) is 11.5. The molecule has 11 rings (SSSR count). The number of para-hydroxylation sites is 2. The Morgan fingerprint density at radius 1 is 0.304 bits per heavy atom. The quantitative estimate of drug-likeness (QED) is 0.172. The summed E-state index contributed by atoms with van der Waals surface area (Å²) in [5, 5.41) is 0. The Balaban J connectivity index is 1.17. The average molecular weight is 714 g/mol. The molecule has 0 bridgehead atoms. The van der Waals surface area contributed by atoms with Gasteiger partial charge in [0.2, 0.25) is 0 Å². The van der Waals surface area contributed by atoms with Gasteiger partial charge in [-0.15, -0.1) is 0 Å².